The molecule has 0 saturated carbocycles. The number of benzene rings is 2. The molecule has 2 aromatic rings. The third-order valence-corrected chi connectivity index (χ3v) is 3.85. The molecule has 22 heavy (non-hydrogen) atoms. The molecule has 3 nitrogen and oxygen atoms in total. The molecule has 2 atom stereocenters. The van der Waals surface area contributed by atoms with Gasteiger partial charge in [-0.3, -0.25) is 0 Å². The lowest BCUT2D eigenvalue weighted by Gasteiger charge is -2.20. The molecule has 0 aliphatic carbocycles. The van der Waals surface area contributed by atoms with Gasteiger partial charge in [-0.1, -0.05) is 61.0 Å². The van der Waals surface area contributed by atoms with Crippen molar-refractivity contribution in [2.45, 2.75) is 32.4 Å². The summed E-state index contributed by atoms with van der Waals surface area (Å²) < 4.78 is 0. The monoisotopic (exact) mass is 316 g/mol. The maximum Gasteiger partial charge on any atom is 0.315 e. The Morgan fingerprint density at radius 2 is 1.73 bits per heavy atom. The van der Waals surface area contributed by atoms with Crippen LogP contribution in [0.15, 0.2) is 54.6 Å². The maximum atomic E-state index is 12.2. The second-order valence-electron chi connectivity index (χ2n) is 5.27. The summed E-state index contributed by atoms with van der Waals surface area (Å²) >= 11 is 6.02. The molecule has 0 spiro atoms. The standard InChI is InChI=1S/C18H21ClN2O/c1-3-17(15-10-7-11-16(19)12-15)21-18(22)20-13(2)14-8-5-4-6-9-14/h4-13,17H,3H2,1-2H3,(H2,20,21,22). The molecule has 0 aromatic heterocycles. The summed E-state index contributed by atoms with van der Waals surface area (Å²) in [5.41, 5.74) is 2.09. The van der Waals surface area contributed by atoms with E-state index in [0.29, 0.717) is 5.02 Å². The number of carbonyl (C=O) groups is 1. The van der Waals surface area contributed by atoms with E-state index in [1.807, 2.05) is 68.4 Å². The van der Waals surface area contributed by atoms with Crippen LogP contribution in [0, 0.1) is 0 Å². The van der Waals surface area contributed by atoms with Gasteiger partial charge in [0.15, 0.2) is 0 Å². The third kappa shape index (κ3) is 4.50. The van der Waals surface area contributed by atoms with Gasteiger partial charge < -0.3 is 10.6 Å². The number of rotatable bonds is 5. The van der Waals surface area contributed by atoms with Gasteiger partial charge in [0.1, 0.15) is 0 Å². The quantitative estimate of drug-likeness (QED) is 0.813. The van der Waals surface area contributed by atoms with E-state index in [9.17, 15) is 4.79 Å². The molecule has 0 aliphatic rings. The number of urea groups is 1. The number of hydrogen-bond acceptors (Lipinski definition) is 1. The Morgan fingerprint density at radius 3 is 2.36 bits per heavy atom. The molecule has 4 heteroatoms. The zero-order valence-electron chi connectivity index (χ0n) is 12.8. The molecule has 0 saturated heterocycles. The van der Waals surface area contributed by atoms with Crippen molar-refractivity contribution in [3.63, 3.8) is 0 Å². The molecule has 116 valence electrons. The Balaban J connectivity index is 1.98. The maximum absolute atomic E-state index is 12.2. The van der Waals surface area contributed by atoms with E-state index >= 15 is 0 Å². The highest BCUT2D eigenvalue weighted by atomic mass is 35.5. The Labute approximate surface area is 136 Å². The van der Waals surface area contributed by atoms with Crippen LogP contribution in [0.4, 0.5) is 4.79 Å². The average Bonchev–Trinajstić information content (AvgIpc) is 2.53. The predicted octanol–water partition coefficient (Wildman–Crippen LogP) is 4.85. The van der Waals surface area contributed by atoms with Gasteiger partial charge in [0.05, 0.1) is 12.1 Å². The van der Waals surface area contributed by atoms with Gasteiger partial charge in [0.2, 0.25) is 0 Å². The van der Waals surface area contributed by atoms with Gasteiger partial charge in [-0.2, -0.15) is 0 Å². The van der Waals surface area contributed by atoms with E-state index in [4.69, 9.17) is 11.6 Å². The summed E-state index contributed by atoms with van der Waals surface area (Å²) in [7, 11) is 0. The minimum absolute atomic E-state index is 0.0435. The summed E-state index contributed by atoms with van der Waals surface area (Å²) in [4.78, 5) is 12.2. The lowest BCUT2D eigenvalue weighted by Crippen LogP contribution is -2.39. The topological polar surface area (TPSA) is 41.1 Å². The molecular weight excluding hydrogens is 296 g/mol. The van der Waals surface area contributed by atoms with Gasteiger partial charge in [0, 0.05) is 5.02 Å². The van der Waals surface area contributed by atoms with Crippen LogP contribution in [0.2, 0.25) is 5.02 Å². The summed E-state index contributed by atoms with van der Waals surface area (Å²) in [6.07, 6.45) is 0.799. The first kappa shape index (κ1) is 16.4. The van der Waals surface area contributed by atoms with Crippen molar-refractivity contribution < 1.29 is 4.79 Å². The van der Waals surface area contributed by atoms with Gasteiger partial charge in [-0.15, -0.1) is 0 Å². The van der Waals surface area contributed by atoms with Crippen LogP contribution in [-0.2, 0) is 0 Å². The number of halogens is 1. The first-order valence-electron chi connectivity index (χ1n) is 7.47. The third-order valence-electron chi connectivity index (χ3n) is 3.61. The Kier molecular flexibility index (Phi) is 5.84. The molecule has 2 N–H and O–H groups in total. The van der Waals surface area contributed by atoms with Crippen molar-refractivity contribution in [1.29, 1.82) is 0 Å². The van der Waals surface area contributed by atoms with E-state index in [2.05, 4.69) is 10.6 Å². The molecule has 0 aliphatic heterocycles. The average molecular weight is 317 g/mol. The van der Waals surface area contributed by atoms with E-state index in [0.717, 1.165) is 17.5 Å². The van der Waals surface area contributed by atoms with E-state index in [1.54, 1.807) is 0 Å². The predicted molar refractivity (Wildman–Crippen MR) is 91.0 cm³/mol. The lowest BCUT2D eigenvalue weighted by molar-refractivity contribution is 0.233. The first-order valence-corrected chi connectivity index (χ1v) is 7.85. The number of carbonyl (C=O) groups excluding carboxylic acids is 1. The molecule has 0 radical (unpaired) electrons. The van der Waals surface area contributed by atoms with Crippen molar-refractivity contribution in [3.05, 3.63) is 70.7 Å². The summed E-state index contributed by atoms with van der Waals surface area (Å²) in [5.74, 6) is 0. The second-order valence-corrected chi connectivity index (χ2v) is 5.70. The first-order chi connectivity index (χ1) is 10.6. The zero-order chi connectivity index (χ0) is 15.9. The number of nitrogens with one attached hydrogen (secondary N) is 2. The Hall–Kier alpha value is -2.00. The fourth-order valence-electron chi connectivity index (χ4n) is 2.37. The van der Waals surface area contributed by atoms with E-state index < -0.39 is 0 Å². The smallest absolute Gasteiger partial charge is 0.315 e. The summed E-state index contributed by atoms with van der Waals surface area (Å²) in [6.45, 7) is 4.00. The van der Waals surface area contributed by atoms with Crippen molar-refractivity contribution in [3.8, 4) is 0 Å². The largest absolute Gasteiger partial charge is 0.332 e. The zero-order valence-corrected chi connectivity index (χ0v) is 13.6. The lowest BCUT2D eigenvalue weighted by atomic mass is 10.0. The SMILES string of the molecule is CCC(NC(=O)NC(C)c1ccccc1)c1cccc(Cl)c1. The fourth-order valence-corrected chi connectivity index (χ4v) is 2.56. The van der Waals surface area contributed by atoms with Crippen LogP contribution >= 0.6 is 11.6 Å². The molecule has 2 amide bonds. The van der Waals surface area contributed by atoms with E-state index in [1.165, 1.54) is 0 Å². The highest BCUT2D eigenvalue weighted by molar-refractivity contribution is 6.30. The van der Waals surface area contributed by atoms with Crippen LogP contribution in [0.3, 0.4) is 0 Å². The highest BCUT2D eigenvalue weighted by Gasteiger charge is 2.15. The minimum Gasteiger partial charge on any atom is -0.332 e. The molecule has 0 fully saturated rings. The van der Waals surface area contributed by atoms with Gasteiger partial charge in [-0.05, 0) is 36.6 Å². The van der Waals surface area contributed by atoms with Gasteiger partial charge >= 0.3 is 6.03 Å². The molecule has 0 bridgehead atoms. The van der Waals surface area contributed by atoms with Gasteiger partial charge in [-0.25, -0.2) is 4.79 Å². The van der Waals surface area contributed by atoms with E-state index in [-0.39, 0.29) is 18.1 Å². The highest BCUT2D eigenvalue weighted by Crippen LogP contribution is 2.20. The summed E-state index contributed by atoms with van der Waals surface area (Å²) in [5, 5.41) is 6.64. The van der Waals surface area contributed by atoms with Gasteiger partial charge in [0.25, 0.3) is 0 Å². The molecule has 2 unspecified atom stereocenters. The number of amides is 2. The van der Waals surface area contributed by atoms with Crippen LogP contribution < -0.4 is 10.6 Å². The Bertz CT molecular complexity index is 615. The molecule has 2 aromatic carbocycles. The minimum atomic E-state index is -0.178. The van der Waals surface area contributed by atoms with Crippen LogP contribution in [-0.4, -0.2) is 6.03 Å². The molecular formula is C18H21ClN2O. The second kappa shape index (κ2) is 7.85. The van der Waals surface area contributed by atoms with Crippen molar-refractivity contribution in [2.75, 3.05) is 0 Å². The van der Waals surface area contributed by atoms with Crippen LogP contribution in [0.25, 0.3) is 0 Å². The number of hydrogen-bond donors (Lipinski definition) is 2. The molecule has 2 rings (SSSR count). The fraction of sp³-hybridized carbons (Fsp3) is 0.278. The van der Waals surface area contributed by atoms with Crippen LogP contribution in [0.5, 0.6) is 0 Å². The normalized spacial score (nSPS) is 13.2. The van der Waals surface area contributed by atoms with Crippen molar-refractivity contribution in [2.24, 2.45) is 0 Å². The van der Waals surface area contributed by atoms with Crippen molar-refractivity contribution in [1.82, 2.24) is 10.6 Å². The van der Waals surface area contributed by atoms with Crippen molar-refractivity contribution >= 4 is 17.6 Å². The van der Waals surface area contributed by atoms with Crippen LogP contribution in [0.1, 0.15) is 43.5 Å². The summed E-state index contributed by atoms with van der Waals surface area (Å²) in [6, 6.07) is 17.2. The Morgan fingerprint density at radius 1 is 1.05 bits per heavy atom. The molecule has 0 heterocycles.